The first-order valence-electron chi connectivity index (χ1n) is 11.1. The Hall–Kier alpha value is -3.88. The maximum absolute atomic E-state index is 12.6. The number of benzene rings is 3. The van der Waals surface area contributed by atoms with Crippen LogP contribution >= 0.6 is 0 Å². The molecule has 33 heavy (non-hydrogen) atoms. The lowest BCUT2D eigenvalue weighted by molar-refractivity contribution is 0.104. The average Bonchev–Trinajstić information content (AvgIpc) is 2.87. The van der Waals surface area contributed by atoms with Crippen molar-refractivity contribution in [3.63, 3.8) is 0 Å². The van der Waals surface area contributed by atoms with Crippen molar-refractivity contribution < 1.29 is 14.6 Å². The van der Waals surface area contributed by atoms with E-state index < -0.39 is 0 Å². The van der Waals surface area contributed by atoms with Crippen LogP contribution in [-0.2, 0) is 6.61 Å². The number of aliphatic hydroxyl groups is 1. The van der Waals surface area contributed by atoms with E-state index in [1.165, 1.54) is 0 Å². The minimum atomic E-state index is -0.203. The topological polar surface area (TPSA) is 73.6 Å². The summed E-state index contributed by atoms with van der Waals surface area (Å²) in [6, 6.07) is 24.6. The van der Waals surface area contributed by atoms with E-state index in [0.717, 1.165) is 42.7 Å². The first-order valence-corrected chi connectivity index (χ1v) is 11.1. The zero-order chi connectivity index (χ0) is 23.0. The van der Waals surface area contributed by atoms with Crippen LogP contribution in [0.4, 0.5) is 5.69 Å². The Morgan fingerprint density at radius 3 is 2.58 bits per heavy atom. The minimum absolute atomic E-state index is 0.0599. The molecular formula is C28H26N2O3. The van der Waals surface area contributed by atoms with E-state index in [9.17, 15) is 9.90 Å². The van der Waals surface area contributed by atoms with Crippen LogP contribution in [0.1, 0.15) is 39.9 Å². The second-order valence-electron chi connectivity index (χ2n) is 8.14. The molecule has 0 spiro atoms. The van der Waals surface area contributed by atoms with Gasteiger partial charge in [0.15, 0.2) is 5.78 Å². The smallest absolute Gasteiger partial charge is 0.185 e. The first kappa shape index (κ1) is 22.3. The number of nitriles is 1. The molecule has 5 nitrogen and oxygen atoms in total. The molecule has 0 bridgehead atoms. The third-order valence-corrected chi connectivity index (χ3v) is 5.73. The SMILES string of the molecule is N#Cc1cccc(COc2cccc(C=CC(=O)c3ccc(N4CCC(O)CC4)cc3)c2)c1. The largest absolute Gasteiger partial charge is 0.489 e. The van der Waals surface area contributed by atoms with Crippen molar-refractivity contribution in [2.75, 3.05) is 18.0 Å². The maximum atomic E-state index is 12.6. The van der Waals surface area contributed by atoms with Crippen LogP contribution in [0, 0.1) is 11.3 Å². The van der Waals surface area contributed by atoms with Gasteiger partial charge in [-0.15, -0.1) is 0 Å². The summed E-state index contributed by atoms with van der Waals surface area (Å²) in [4.78, 5) is 14.8. The van der Waals surface area contributed by atoms with Crippen LogP contribution in [0.3, 0.4) is 0 Å². The van der Waals surface area contributed by atoms with Crippen molar-refractivity contribution >= 4 is 17.5 Å². The highest BCUT2D eigenvalue weighted by Crippen LogP contribution is 2.21. The molecule has 0 radical (unpaired) electrons. The first-order chi connectivity index (χ1) is 16.1. The molecule has 3 aromatic carbocycles. The molecule has 0 atom stereocenters. The van der Waals surface area contributed by atoms with Gasteiger partial charge < -0.3 is 14.7 Å². The van der Waals surface area contributed by atoms with Gasteiger partial charge in [-0.25, -0.2) is 0 Å². The third kappa shape index (κ3) is 6.09. The van der Waals surface area contributed by atoms with Crippen molar-refractivity contribution in [1.29, 1.82) is 5.26 Å². The number of ether oxygens (including phenoxy) is 1. The van der Waals surface area contributed by atoms with Gasteiger partial charge in [0, 0.05) is 24.3 Å². The fourth-order valence-electron chi connectivity index (χ4n) is 3.83. The van der Waals surface area contributed by atoms with E-state index in [1.807, 2.05) is 66.7 Å². The molecule has 0 saturated carbocycles. The van der Waals surface area contributed by atoms with Gasteiger partial charge in [-0.1, -0.05) is 30.3 Å². The number of ketones is 1. The molecular weight excluding hydrogens is 412 g/mol. The molecule has 1 saturated heterocycles. The van der Waals surface area contributed by atoms with Gasteiger partial charge >= 0.3 is 0 Å². The Morgan fingerprint density at radius 1 is 1.06 bits per heavy atom. The van der Waals surface area contributed by atoms with Crippen LogP contribution in [-0.4, -0.2) is 30.1 Å². The molecule has 1 aliphatic heterocycles. The number of allylic oxidation sites excluding steroid dienone is 1. The number of anilines is 1. The molecule has 1 aliphatic rings. The Bertz CT molecular complexity index is 1170. The van der Waals surface area contributed by atoms with Gasteiger partial charge in [-0.2, -0.15) is 5.26 Å². The second-order valence-corrected chi connectivity index (χ2v) is 8.14. The van der Waals surface area contributed by atoms with Gasteiger partial charge in [-0.05, 0) is 78.6 Å². The van der Waals surface area contributed by atoms with E-state index in [4.69, 9.17) is 10.00 Å². The highest BCUT2D eigenvalue weighted by atomic mass is 16.5. The monoisotopic (exact) mass is 438 g/mol. The van der Waals surface area contributed by atoms with Crippen molar-refractivity contribution in [1.82, 2.24) is 0 Å². The summed E-state index contributed by atoms with van der Waals surface area (Å²) in [5, 5.41) is 18.7. The molecule has 4 rings (SSSR count). The van der Waals surface area contributed by atoms with Gasteiger partial charge in [0.2, 0.25) is 0 Å². The van der Waals surface area contributed by atoms with Gasteiger partial charge in [0.1, 0.15) is 12.4 Å². The summed E-state index contributed by atoms with van der Waals surface area (Å²) in [6.45, 7) is 2.02. The summed E-state index contributed by atoms with van der Waals surface area (Å²) in [6.07, 6.45) is 4.70. The zero-order valence-electron chi connectivity index (χ0n) is 18.4. The van der Waals surface area contributed by atoms with E-state index in [1.54, 1.807) is 18.2 Å². The summed E-state index contributed by atoms with van der Waals surface area (Å²) in [5.41, 5.74) is 4.11. The number of carbonyl (C=O) groups is 1. The van der Waals surface area contributed by atoms with E-state index >= 15 is 0 Å². The molecule has 1 fully saturated rings. The Labute approximate surface area is 194 Å². The van der Waals surface area contributed by atoms with Crippen LogP contribution in [0.5, 0.6) is 5.75 Å². The van der Waals surface area contributed by atoms with Crippen LogP contribution in [0.15, 0.2) is 78.9 Å². The highest BCUT2D eigenvalue weighted by molar-refractivity contribution is 6.07. The molecule has 5 heteroatoms. The normalized spacial score (nSPS) is 14.2. The van der Waals surface area contributed by atoms with Crippen molar-refractivity contribution in [3.8, 4) is 11.8 Å². The molecule has 1 N–H and O–H groups in total. The van der Waals surface area contributed by atoms with Crippen molar-refractivity contribution in [3.05, 3.63) is 101 Å². The quantitative estimate of drug-likeness (QED) is 0.415. The number of hydrogen-bond donors (Lipinski definition) is 1. The predicted octanol–water partition coefficient (Wildman–Crippen LogP) is 4.99. The number of aliphatic hydroxyl groups excluding tert-OH is 1. The van der Waals surface area contributed by atoms with Gasteiger partial charge in [0.05, 0.1) is 17.7 Å². The number of nitrogens with zero attached hydrogens (tertiary/aromatic N) is 2. The molecule has 1 heterocycles. The Kier molecular flexibility index (Phi) is 7.19. The Balaban J connectivity index is 1.35. The second kappa shape index (κ2) is 10.6. The summed E-state index contributed by atoms with van der Waals surface area (Å²) < 4.78 is 5.85. The van der Waals surface area contributed by atoms with E-state index in [0.29, 0.717) is 23.5 Å². The average molecular weight is 439 g/mol. The lowest BCUT2D eigenvalue weighted by Gasteiger charge is -2.31. The molecule has 0 amide bonds. The highest BCUT2D eigenvalue weighted by Gasteiger charge is 2.17. The van der Waals surface area contributed by atoms with E-state index in [-0.39, 0.29) is 11.9 Å². The maximum Gasteiger partial charge on any atom is 0.185 e. The number of carbonyl (C=O) groups excluding carboxylic acids is 1. The van der Waals surface area contributed by atoms with Crippen LogP contribution < -0.4 is 9.64 Å². The van der Waals surface area contributed by atoms with Crippen LogP contribution in [0.25, 0.3) is 6.08 Å². The summed E-state index contributed by atoms with van der Waals surface area (Å²) in [5.74, 6) is 0.637. The fourth-order valence-corrected chi connectivity index (χ4v) is 3.83. The van der Waals surface area contributed by atoms with Gasteiger partial charge in [-0.3, -0.25) is 4.79 Å². The lowest BCUT2D eigenvalue weighted by Crippen LogP contribution is -2.35. The van der Waals surface area contributed by atoms with Gasteiger partial charge in [0.25, 0.3) is 0 Å². The predicted molar refractivity (Wildman–Crippen MR) is 129 cm³/mol. The summed E-state index contributed by atoms with van der Waals surface area (Å²) >= 11 is 0. The fraction of sp³-hybridized carbons (Fsp3) is 0.214. The van der Waals surface area contributed by atoms with Crippen molar-refractivity contribution in [2.24, 2.45) is 0 Å². The molecule has 0 unspecified atom stereocenters. The molecule has 0 aliphatic carbocycles. The lowest BCUT2D eigenvalue weighted by atomic mass is 10.1. The molecule has 0 aromatic heterocycles. The minimum Gasteiger partial charge on any atom is -0.489 e. The standard InChI is InChI=1S/C28H26N2O3/c29-19-22-4-1-5-23(17-22)20-33-27-6-2-3-21(18-27)7-12-28(32)24-8-10-25(11-9-24)30-15-13-26(31)14-16-30/h1-12,17-18,26,31H,13-16,20H2. The summed E-state index contributed by atoms with van der Waals surface area (Å²) in [7, 11) is 0. The number of rotatable bonds is 7. The number of piperidine rings is 1. The van der Waals surface area contributed by atoms with Crippen molar-refractivity contribution in [2.45, 2.75) is 25.6 Å². The zero-order valence-corrected chi connectivity index (χ0v) is 18.4. The molecule has 3 aromatic rings. The third-order valence-electron chi connectivity index (χ3n) is 5.73. The molecule has 166 valence electrons. The number of hydrogen-bond acceptors (Lipinski definition) is 5. The van der Waals surface area contributed by atoms with E-state index in [2.05, 4.69) is 11.0 Å². The Morgan fingerprint density at radius 2 is 1.82 bits per heavy atom. The van der Waals surface area contributed by atoms with Crippen LogP contribution in [0.2, 0.25) is 0 Å².